The van der Waals surface area contributed by atoms with Crippen molar-refractivity contribution in [1.29, 1.82) is 0 Å². The molecule has 0 bridgehead atoms. The number of hydrogen-bond acceptors (Lipinski definition) is 5. The molecule has 0 saturated heterocycles. The van der Waals surface area contributed by atoms with E-state index in [1.807, 2.05) is 31.2 Å². The first-order valence-electron chi connectivity index (χ1n) is 11.0. The van der Waals surface area contributed by atoms with E-state index in [-0.39, 0.29) is 31.1 Å². The fraction of sp³-hybridized carbons (Fsp3) is 0.333. The van der Waals surface area contributed by atoms with E-state index in [1.54, 1.807) is 18.2 Å². The van der Waals surface area contributed by atoms with Crippen molar-refractivity contribution in [3.8, 4) is 11.5 Å². The molecule has 10 heteroatoms. The smallest absolute Gasteiger partial charge is 0.410 e. The summed E-state index contributed by atoms with van der Waals surface area (Å²) in [7, 11) is 0. The molecule has 3 heterocycles. The van der Waals surface area contributed by atoms with E-state index in [4.69, 9.17) is 9.47 Å². The van der Waals surface area contributed by atoms with Crippen LogP contribution in [0.25, 0.3) is 0 Å². The number of aromatic nitrogens is 2. The number of alkyl halides is 3. The van der Waals surface area contributed by atoms with Crippen molar-refractivity contribution in [1.82, 2.24) is 15.1 Å². The third kappa shape index (κ3) is 4.15. The number of benzene rings is 2. The van der Waals surface area contributed by atoms with Gasteiger partial charge in [0.25, 0.3) is 5.91 Å². The van der Waals surface area contributed by atoms with E-state index >= 15 is 0 Å². The van der Waals surface area contributed by atoms with Crippen LogP contribution in [0, 0.1) is 0 Å². The molecule has 0 aliphatic carbocycles. The number of hydrogen-bond donors (Lipinski definition) is 2. The van der Waals surface area contributed by atoms with Crippen LogP contribution in [0.2, 0.25) is 0 Å². The van der Waals surface area contributed by atoms with Crippen LogP contribution in [0.5, 0.6) is 11.5 Å². The maximum atomic E-state index is 13.9. The third-order valence-corrected chi connectivity index (χ3v) is 6.16. The zero-order valence-corrected chi connectivity index (χ0v) is 18.4. The van der Waals surface area contributed by atoms with Gasteiger partial charge in [-0.2, -0.15) is 18.3 Å². The van der Waals surface area contributed by atoms with Crippen LogP contribution in [-0.2, 0) is 13.0 Å². The summed E-state index contributed by atoms with van der Waals surface area (Å²) < 4.78 is 53.2. The van der Waals surface area contributed by atoms with Crippen molar-refractivity contribution in [3.63, 3.8) is 0 Å². The number of fused-ring (bicyclic) bond motifs is 2. The molecule has 2 aliphatic rings. The highest BCUT2D eigenvalue weighted by Gasteiger charge is 2.47. The first-order valence-corrected chi connectivity index (χ1v) is 11.0. The van der Waals surface area contributed by atoms with Crippen LogP contribution in [0.1, 0.15) is 52.5 Å². The Hall–Kier alpha value is -3.69. The first kappa shape index (κ1) is 22.1. The maximum Gasteiger partial charge on any atom is 0.410 e. The standard InChI is InChI=1S/C24H23F3N4O3/c1-2-14-3-6-16(7-4-14)18-10-21(24(25,26)27)31-22(30-18)17(12-29-31)23(32)28-11-15-5-8-19-20(9-15)34-13-33-19/h3-9,12,18,21,30H,2,10-11,13H2,1H3,(H,28,32)/t18-,21-/m1/s1. The van der Waals surface area contributed by atoms with E-state index in [0.717, 1.165) is 27.8 Å². The highest BCUT2D eigenvalue weighted by molar-refractivity contribution is 5.98. The Morgan fingerprint density at radius 2 is 1.88 bits per heavy atom. The summed E-state index contributed by atoms with van der Waals surface area (Å²) in [4.78, 5) is 12.9. The molecule has 1 aromatic heterocycles. The van der Waals surface area contributed by atoms with Crippen LogP contribution < -0.4 is 20.1 Å². The van der Waals surface area contributed by atoms with Gasteiger partial charge < -0.3 is 20.1 Å². The van der Waals surface area contributed by atoms with Gasteiger partial charge in [0, 0.05) is 13.0 Å². The second kappa shape index (κ2) is 8.58. The highest BCUT2D eigenvalue weighted by atomic mass is 19.4. The molecule has 7 nitrogen and oxygen atoms in total. The monoisotopic (exact) mass is 472 g/mol. The average Bonchev–Trinajstić information content (AvgIpc) is 3.48. The fourth-order valence-electron chi connectivity index (χ4n) is 4.26. The minimum atomic E-state index is -4.51. The van der Waals surface area contributed by atoms with Gasteiger partial charge in [-0.25, -0.2) is 4.68 Å². The van der Waals surface area contributed by atoms with E-state index in [9.17, 15) is 18.0 Å². The molecule has 0 spiro atoms. The highest BCUT2D eigenvalue weighted by Crippen LogP contribution is 2.44. The molecule has 5 rings (SSSR count). The zero-order chi connectivity index (χ0) is 23.9. The molecular weight excluding hydrogens is 449 g/mol. The number of halogens is 3. The summed E-state index contributed by atoms with van der Waals surface area (Å²) in [6, 6.07) is 10.3. The molecule has 0 unspecified atom stereocenters. The predicted molar refractivity (Wildman–Crippen MR) is 118 cm³/mol. The second-order valence-electron chi connectivity index (χ2n) is 8.31. The molecule has 1 amide bonds. The second-order valence-corrected chi connectivity index (χ2v) is 8.31. The molecule has 2 N–H and O–H groups in total. The minimum Gasteiger partial charge on any atom is -0.454 e. The Kier molecular flexibility index (Phi) is 5.59. The van der Waals surface area contributed by atoms with Gasteiger partial charge in [0.15, 0.2) is 17.5 Å². The zero-order valence-electron chi connectivity index (χ0n) is 18.4. The third-order valence-electron chi connectivity index (χ3n) is 6.16. The van der Waals surface area contributed by atoms with Gasteiger partial charge >= 0.3 is 6.18 Å². The molecular formula is C24H23F3N4O3. The van der Waals surface area contributed by atoms with Crippen molar-refractivity contribution in [2.75, 3.05) is 12.1 Å². The summed E-state index contributed by atoms with van der Waals surface area (Å²) in [5.41, 5.74) is 2.66. The lowest BCUT2D eigenvalue weighted by Crippen LogP contribution is -2.36. The van der Waals surface area contributed by atoms with Gasteiger partial charge in [0.1, 0.15) is 11.4 Å². The molecule has 2 aromatic carbocycles. The molecule has 2 aliphatic heterocycles. The Morgan fingerprint density at radius 3 is 2.62 bits per heavy atom. The molecule has 3 aromatic rings. The Labute approximate surface area is 193 Å². The largest absolute Gasteiger partial charge is 0.454 e. The average molecular weight is 472 g/mol. The van der Waals surface area contributed by atoms with Crippen molar-refractivity contribution < 1.29 is 27.4 Å². The van der Waals surface area contributed by atoms with Gasteiger partial charge in [-0.1, -0.05) is 37.3 Å². The molecule has 2 atom stereocenters. The summed E-state index contributed by atoms with van der Waals surface area (Å²) in [5, 5.41) is 9.79. The lowest BCUT2D eigenvalue weighted by molar-refractivity contribution is -0.173. The van der Waals surface area contributed by atoms with E-state index < -0.39 is 24.2 Å². The SMILES string of the molecule is CCc1ccc([C@H]2C[C@H](C(F)(F)F)n3ncc(C(=O)NCc4ccc5c(c4)OCO5)c3N2)cc1. The summed E-state index contributed by atoms with van der Waals surface area (Å²) >= 11 is 0. The Bertz CT molecular complexity index is 1210. The number of nitrogens with zero attached hydrogens (tertiary/aromatic N) is 2. The van der Waals surface area contributed by atoms with Crippen LogP contribution in [0.3, 0.4) is 0 Å². The van der Waals surface area contributed by atoms with Gasteiger partial charge in [-0.15, -0.1) is 0 Å². The number of carbonyl (C=O) groups is 1. The number of nitrogens with one attached hydrogen (secondary N) is 2. The lowest BCUT2D eigenvalue weighted by Gasteiger charge is -2.34. The van der Waals surface area contributed by atoms with Crippen LogP contribution in [0.15, 0.2) is 48.7 Å². The van der Waals surface area contributed by atoms with Gasteiger partial charge in [-0.05, 0) is 35.2 Å². The quantitative estimate of drug-likeness (QED) is 0.560. The summed E-state index contributed by atoms with van der Waals surface area (Å²) in [6.45, 7) is 2.33. The van der Waals surface area contributed by atoms with Crippen molar-refractivity contribution in [3.05, 3.63) is 70.9 Å². The minimum absolute atomic E-state index is 0.0568. The Balaban J connectivity index is 1.38. The lowest BCUT2D eigenvalue weighted by atomic mass is 9.95. The topological polar surface area (TPSA) is 77.4 Å². The molecule has 0 radical (unpaired) electrons. The number of aryl methyl sites for hydroxylation is 1. The van der Waals surface area contributed by atoms with Gasteiger partial charge in [-0.3, -0.25) is 4.79 Å². The van der Waals surface area contributed by atoms with Crippen molar-refractivity contribution >= 4 is 11.7 Å². The van der Waals surface area contributed by atoms with Crippen LogP contribution >= 0.6 is 0 Å². The van der Waals surface area contributed by atoms with E-state index in [2.05, 4.69) is 15.7 Å². The van der Waals surface area contributed by atoms with Crippen LogP contribution in [0.4, 0.5) is 19.0 Å². The van der Waals surface area contributed by atoms with Crippen molar-refractivity contribution in [2.45, 2.75) is 44.6 Å². The molecule has 178 valence electrons. The predicted octanol–water partition coefficient (Wildman–Crippen LogP) is 4.76. The number of rotatable bonds is 5. The number of amides is 1. The summed E-state index contributed by atoms with van der Waals surface area (Å²) in [5.74, 6) is 0.748. The fourth-order valence-corrected chi connectivity index (χ4v) is 4.26. The molecule has 0 fully saturated rings. The van der Waals surface area contributed by atoms with Crippen molar-refractivity contribution in [2.24, 2.45) is 0 Å². The van der Waals surface area contributed by atoms with E-state index in [1.165, 1.54) is 6.20 Å². The number of anilines is 1. The normalized spacial score (nSPS) is 18.8. The summed E-state index contributed by atoms with van der Waals surface area (Å²) in [6.07, 6.45) is -2.71. The first-order chi connectivity index (χ1) is 16.3. The molecule has 34 heavy (non-hydrogen) atoms. The maximum absolute atomic E-state index is 13.9. The van der Waals surface area contributed by atoms with Gasteiger partial charge in [0.2, 0.25) is 6.79 Å². The van der Waals surface area contributed by atoms with Crippen LogP contribution in [-0.4, -0.2) is 28.7 Å². The van der Waals surface area contributed by atoms with Gasteiger partial charge in [0.05, 0.1) is 12.2 Å². The molecule has 0 saturated carbocycles. The number of carbonyl (C=O) groups excluding carboxylic acids is 1. The van der Waals surface area contributed by atoms with E-state index in [0.29, 0.717) is 11.5 Å². The number of ether oxygens (including phenoxy) is 2. The Morgan fingerprint density at radius 1 is 1.15 bits per heavy atom.